The van der Waals surface area contributed by atoms with Gasteiger partial charge in [0.15, 0.2) is 0 Å². The predicted octanol–water partition coefficient (Wildman–Crippen LogP) is 3.43. The molecular weight excluding hydrogens is 186 g/mol. The number of nitrogens with zero attached hydrogens (tertiary/aromatic N) is 1. The van der Waals surface area contributed by atoms with Gasteiger partial charge in [-0.1, -0.05) is 37.6 Å². The molecule has 0 N–H and O–H groups in total. The largest absolute Gasteiger partial charge is 0.234 e. The summed E-state index contributed by atoms with van der Waals surface area (Å²) in [5.74, 6) is 0. The molecule has 0 bridgehead atoms. The van der Waals surface area contributed by atoms with Gasteiger partial charge in [-0.25, -0.2) is 9.79 Å². The fourth-order valence-electron chi connectivity index (χ4n) is 0.945. The summed E-state index contributed by atoms with van der Waals surface area (Å²) >= 11 is 0. The molecule has 0 saturated heterocycles. The second kappa shape index (κ2) is 9.17. The zero-order chi connectivity index (χ0) is 11.5. The molecule has 1 aromatic carbocycles. The van der Waals surface area contributed by atoms with Gasteiger partial charge in [-0.15, -0.1) is 0 Å². The first kappa shape index (κ1) is 13.6. The zero-order valence-corrected chi connectivity index (χ0v) is 9.79. The maximum absolute atomic E-state index is 9.39. The summed E-state index contributed by atoms with van der Waals surface area (Å²) in [6.45, 7) is 6.94. The van der Waals surface area contributed by atoms with Crippen LogP contribution in [-0.2, 0) is 4.79 Å². The van der Waals surface area contributed by atoms with Gasteiger partial charge in [0.1, 0.15) is 0 Å². The van der Waals surface area contributed by atoms with E-state index < -0.39 is 0 Å². The third kappa shape index (κ3) is 7.65. The number of unbranched alkanes of at least 4 members (excludes halogenated alkanes) is 1. The van der Waals surface area contributed by atoms with Crippen molar-refractivity contribution < 1.29 is 4.79 Å². The Morgan fingerprint density at radius 1 is 1.20 bits per heavy atom. The number of hydrogen-bond acceptors (Lipinski definition) is 2. The normalized spacial score (nSPS) is 8.47. The van der Waals surface area contributed by atoms with E-state index in [9.17, 15) is 4.79 Å². The van der Waals surface area contributed by atoms with Crippen molar-refractivity contribution in [3.05, 3.63) is 35.4 Å². The molecule has 0 aromatic heterocycles. The molecule has 0 atom stereocenters. The smallest absolute Gasteiger partial charge is 0.211 e. The van der Waals surface area contributed by atoms with Crippen molar-refractivity contribution in [3.8, 4) is 0 Å². The molecule has 1 rings (SSSR count). The van der Waals surface area contributed by atoms with Crippen molar-refractivity contribution in [2.24, 2.45) is 4.99 Å². The van der Waals surface area contributed by atoms with Crippen LogP contribution in [0, 0.1) is 13.8 Å². The van der Waals surface area contributed by atoms with Gasteiger partial charge in [-0.2, -0.15) is 0 Å². The lowest BCUT2D eigenvalue weighted by molar-refractivity contribution is 0.562. The third-order valence-corrected chi connectivity index (χ3v) is 2.11. The molecule has 82 valence electrons. The minimum atomic E-state index is 0.639. The predicted molar refractivity (Wildman–Crippen MR) is 63.8 cm³/mol. The number of isocyanates is 1. The van der Waals surface area contributed by atoms with Crippen molar-refractivity contribution in [2.75, 3.05) is 6.54 Å². The highest BCUT2D eigenvalue weighted by atomic mass is 16.1. The van der Waals surface area contributed by atoms with Crippen molar-refractivity contribution in [1.29, 1.82) is 0 Å². The Hall–Kier alpha value is -1.40. The first-order valence-corrected chi connectivity index (χ1v) is 5.28. The van der Waals surface area contributed by atoms with Gasteiger partial charge >= 0.3 is 0 Å². The van der Waals surface area contributed by atoms with E-state index >= 15 is 0 Å². The van der Waals surface area contributed by atoms with Crippen LogP contribution in [0.3, 0.4) is 0 Å². The Balaban J connectivity index is 0.000000265. The third-order valence-electron chi connectivity index (χ3n) is 2.11. The molecule has 2 heteroatoms. The molecule has 0 aliphatic heterocycles. The van der Waals surface area contributed by atoms with Gasteiger partial charge in [0.05, 0.1) is 6.54 Å². The van der Waals surface area contributed by atoms with E-state index in [1.807, 2.05) is 0 Å². The maximum Gasteiger partial charge on any atom is 0.234 e. The van der Waals surface area contributed by atoms with Crippen LogP contribution in [0.5, 0.6) is 0 Å². The van der Waals surface area contributed by atoms with E-state index in [-0.39, 0.29) is 0 Å². The van der Waals surface area contributed by atoms with E-state index in [0.717, 1.165) is 12.8 Å². The summed E-state index contributed by atoms with van der Waals surface area (Å²) in [5, 5.41) is 0. The lowest BCUT2D eigenvalue weighted by Crippen LogP contribution is -1.74. The molecule has 0 heterocycles. The Labute approximate surface area is 92.0 Å². The fourth-order valence-corrected chi connectivity index (χ4v) is 0.945. The first-order chi connectivity index (χ1) is 7.22. The molecule has 0 aliphatic rings. The highest BCUT2D eigenvalue weighted by Gasteiger charge is 1.83. The average Bonchev–Trinajstić information content (AvgIpc) is 2.24. The van der Waals surface area contributed by atoms with Gasteiger partial charge in [0, 0.05) is 0 Å². The Kier molecular flexibility index (Phi) is 8.31. The molecule has 0 spiro atoms. The van der Waals surface area contributed by atoms with Gasteiger partial charge in [-0.3, -0.25) is 0 Å². The quantitative estimate of drug-likeness (QED) is 0.422. The van der Waals surface area contributed by atoms with E-state index in [2.05, 4.69) is 50.0 Å². The molecule has 0 unspecified atom stereocenters. The Morgan fingerprint density at radius 2 is 1.73 bits per heavy atom. The number of rotatable bonds is 3. The monoisotopic (exact) mass is 205 g/mol. The molecule has 2 nitrogen and oxygen atoms in total. The van der Waals surface area contributed by atoms with Crippen LogP contribution < -0.4 is 0 Å². The number of aryl methyl sites for hydroxylation is 2. The summed E-state index contributed by atoms with van der Waals surface area (Å²) in [6, 6.07) is 8.36. The fraction of sp³-hybridized carbons (Fsp3) is 0.462. The minimum Gasteiger partial charge on any atom is -0.211 e. The van der Waals surface area contributed by atoms with Crippen molar-refractivity contribution in [2.45, 2.75) is 33.6 Å². The van der Waals surface area contributed by atoms with Crippen molar-refractivity contribution >= 4 is 6.08 Å². The van der Waals surface area contributed by atoms with E-state index in [4.69, 9.17) is 0 Å². The Morgan fingerprint density at radius 3 is 2.07 bits per heavy atom. The molecular formula is C13H19NO. The van der Waals surface area contributed by atoms with Crippen LogP contribution >= 0.6 is 0 Å². The summed E-state index contributed by atoms with van der Waals surface area (Å²) in [5.41, 5.74) is 2.74. The molecule has 0 aliphatic carbocycles. The van der Waals surface area contributed by atoms with Crippen molar-refractivity contribution in [3.63, 3.8) is 0 Å². The molecule has 0 radical (unpaired) electrons. The average molecular weight is 205 g/mol. The van der Waals surface area contributed by atoms with Gasteiger partial charge in [0.2, 0.25) is 6.08 Å². The van der Waals surface area contributed by atoms with Crippen LogP contribution in [-0.4, -0.2) is 12.6 Å². The molecule has 15 heavy (non-hydrogen) atoms. The first-order valence-electron chi connectivity index (χ1n) is 5.28. The molecule has 0 fully saturated rings. The highest BCUT2D eigenvalue weighted by Crippen LogP contribution is 2.02. The van der Waals surface area contributed by atoms with Crippen LogP contribution in [0.15, 0.2) is 29.3 Å². The number of benzene rings is 1. The van der Waals surface area contributed by atoms with E-state index in [0.29, 0.717) is 6.54 Å². The summed E-state index contributed by atoms with van der Waals surface area (Å²) in [6.07, 6.45) is 3.56. The van der Waals surface area contributed by atoms with Gasteiger partial charge in [0.25, 0.3) is 0 Å². The number of aliphatic imine (C=N–C) groups is 1. The molecule has 0 amide bonds. The highest BCUT2D eigenvalue weighted by molar-refractivity contribution is 5.32. The van der Waals surface area contributed by atoms with Crippen molar-refractivity contribution in [1.82, 2.24) is 0 Å². The second-order valence-corrected chi connectivity index (χ2v) is 3.41. The molecule has 0 saturated carbocycles. The summed E-state index contributed by atoms with van der Waals surface area (Å²) < 4.78 is 0. The lowest BCUT2D eigenvalue weighted by Gasteiger charge is -1.93. The Bertz CT molecular complexity index is 293. The zero-order valence-electron chi connectivity index (χ0n) is 9.79. The van der Waals surface area contributed by atoms with Crippen LogP contribution in [0.2, 0.25) is 0 Å². The van der Waals surface area contributed by atoms with Crippen LogP contribution in [0.4, 0.5) is 0 Å². The van der Waals surface area contributed by atoms with Crippen LogP contribution in [0.1, 0.15) is 30.9 Å². The van der Waals surface area contributed by atoms with E-state index in [1.165, 1.54) is 17.2 Å². The standard InChI is InChI=1S/C8H10.C5H9NO/c1-7-5-3-4-6-8(7)2;1-2-3-4-6-5-7/h3-6H,1-2H3;2-4H2,1H3. The van der Waals surface area contributed by atoms with Crippen LogP contribution in [0.25, 0.3) is 0 Å². The molecule has 1 aromatic rings. The maximum atomic E-state index is 9.39. The lowest BCUT2D eigenvalue weighted by atomic mass is 10.1. The number of hydrogen-bond donors (Lipinski definition) is 0. The summed E-state index contributed by atoms with van der Waals surface area (Å²) in [4.78, 5) is 12.7. The number of carbonyl (C=O) groups excluding carboxylic acids is 1. The second-order valence-electron chi connectivity index (χ2n) is 3.41. The summed E-state index contributed by atoms with van der Waals surface area (Å²) in [7, 11) is 0. The van der Waals surface area contributed by atoms with E-state index in [1.54, 1.807) is 0 Å². The van der Waals surface area contributed by atoms with Gasteiger partial charge in [-0.05, 0) is 31.4 Å². The minimum absolute atomic E-state index is 0.639. The SMILES string of the molecule is CCCCN=C=O.Cc1ccccc1C. The van der Waals surface area contributed by atoms with Gasteiger partial charge < -0.3 is 0 Å². The topological polar surface area (TPSA) is 29.4 Å².